The lowest BCUT2D eigenvalue weighted by Gasteiger charge is -2.30. The molecule has 0 spiro atoms. The Balaban J connectivity index is 2.07. The van der Waals surface area contributed by atoms with Gasteiger partial charge in [-0.3, -0.25) is 4.79 Å². The Morgan fingerprint density at radius 1 is 1.20 bits per heavy atom. The molecule has 0 bridgehead atoms. The number of fused-ring (bicyclic) bond motifs is 1. The molecule has 160 valence electrons. The molecule has 7 heteroatoms. The van der Waals surface area contributed by atoms with Crippen molar-refractivity contribution in [2.24, 2.45) is 5.92 Å². The van der Waals surface area contributed by atoms with Crippen molar-refractivity contribution < 1.29 is 24.2 Å². The van der Waals surface area contributed by atoms with Gasteiger partial charge in [-0.1, -0.05) is 26.0 Å². The van der Waals surface area contributed by atoms with Crippen molar-refractivity contribution in [1.82, 2.24) is 4.90 Å². The number of rotatable bonds is 6. The topological polar surface area (TPSA) is 79.3 Å². The van der Waals surface area contributed by atoms with Crippen molar-refractivity contribution in [2.75, 3.05) is 26.1 Å². The molecule has 1 N–H and O–H groups in total. The first-order chi connectivity index (χ1) is 14.2. The van der Waals surface area contributed by atoms with Gasteiger partial charge in [0.2, 0.25) is 0 Å². The third-order valence-corrected chi connectivity index (χ3v) is 5.25. The summed E-state index contributed by atoms with van der Waals surface area (Å²) in [5.74, 6) is -0.681. The number of hydrogen-bond donors (Lipinski definition) is 1. The molecule has 0 aromatic heterocycles. The molecule has 0 aliphatic carbocycles. The van der Waals surface area contributed by atoms with Crippen LogP contribution < -0.4 is 14.4 Å². The van der Waals surface area contributed by atoms with Crippen LogP contribution in [0.5, 0.6) is 11.5 Å². The molecule has 2 aromatic carbocycles. The number of anilines is 1. The van der Waals surface area contributed by atoms with Gasteiger partial charge in [0, 0.05) is 38.0 Å². The van der Waals surface area contributed by atoms with Gasteiger partial charge in [0.25, 0.3) is 5.91 Å². The largest absolute Gasteiger partial charge is 0.497 e. The maximum absolute atomic E-state index is 13.4. The van der Waals surface area contributed by atoms with Crippen molar-refractivity contribution >= 4 is 17.6 Å². The Bertz CT molecular complexity index is 924. The molecule has 0 radical (unpaired) electrons. The number of carboxylic acids is 1. The highest BCUT2D eigenvalue weighted by molar-refractivity contribution is 5.89. The Labute approximate surface area is 176 Å². The number of ether oxygens (including phenoxy) is 2. The first-order valence-corrected chi connectivity index (χ1v) is 9.87. The smallest absolute Gasteiger partial charge is 0.331 e. The second-order valence-electron chi connectivity index (χ2n) is 7.95. The molecular formula is C23H28N2O5. The molecule has 1 heterocycles. The molecule has 30 heavy (non-hydrogen) atoms. The fourth-order valence-corrected chi connectivity index (χ4v) is 3.57. The van der Waals surface area contributed by atoms with Gasteiger partial charge in [0.05, 0.1) is 7.11 Å². The third-order valence-electron chi connectivity index (χ3n) is 5.25. The maximum atomic E-state index is 13.4. The lowest BCUT2D eigenvalue weighted by Crippen LogP contribution is -2.45. The van der Waals surface area contributed by atoms with Crippen molar-refractivity contribution in [3.8, 4) is 11.5 Å². The summed E-state index contributed by atoms with van der Waals surface area (Å²) in [4.78, 5) is 29.1. The van der Waals surface area contributed by atoms with Gasteiger partial charge in [0.1, 0.15) is 11.5 Å². The molecule has 0 saturated heterocycles. The van der Waals surface area contributed by atoms with E-state index in [0.717, 1.165) is 11.3 Å². The van der Waals surface area contributed by atoms with Crippen molar-refractivity contribution in [2.45, 2.75) is 32.5 Å². The molecular weight excluding hydrogens is 384 g/mol. The molecule has 1 aliphatic rings. The van der Waals surface area contributed by atoms with E-state index in [0.29, 0.717) is 17.1 Å². The highest BCUT2D eigenvalue weighted by Crippen LogP contribution is 2.38. The molecule has 2 unspecified atom stereocenters. The first-order valence-electron chi connectivity index (χ1n) is 9.87. The first kappa shape index (κ1) is 21.5. The van der Waals surface area contributed by atoms with Crippen LogP contribution in [0.3, 0.4) is 0 Å². The van der Waals surface area contributed by atoms with E-state index in [4.69, 9.17) is 9.47 Å². The van der Waals surface area contributed by atoms with E-state index >= 15 is 0 Å². The normalized spacial score (nSPS) is 18.5. The van der Waals surface area contributed by atoms with E-state index in [-0.39, 0.29) is 18.4 Å². The number of carbonyl (C=O) groups excluding carboxylic acids is 1. The van der Waals surface area contributed by atoms with Crippen LogP contribution in [0, 0.1) is 5.92 Å². The second kappa shape index (κ2) is 8.65. The van der Waals surface area contributed by atoms with E-state index in [1.165, 1.54) is 12.0 Å². The Morgan fingerprint density at radius 2 is 1.87 bits per heavy atom. The van der Waals surface area contributed by atoms with Crippen molar-refractivity contribution in [3.63, 3.8) is 0 Å². The standard InChI is InChI=1S/C23H28N2O5/c1-14(2)21-22(26)25(13-15-6-8-16(9-7-15)24(3)4)20(23(27)28)18-11-10-17(29-5)12-19(18)30-21/h6-12,14,20-21H,13H2,1-5H3,(H,27,28). The van der Waals surface area contributed by atoms with Gasteiger partial charge in [-0.2, -0.15) is 0 Å². The average molecular weight is 412 g/mol. The van der Waals surface area contributed by atoms with Crippen LogP contribution in [0.1, 0.15) is 31.0 Å². The number of aliphatic carboxylic acids is 1. The lowest BCUT2D eigenvalue weighted by molar-refractivity contribution is -0.154. The monoisotopic (exact) mass is 412 g/mol. The summed E-state index contributed by atoms with van der Waals surface area (Å²) in [6, 6.07) is 11.5. The molecule has 3 rings (SSSR count). The highest BCUT2D eigenvalue weighted by atomic mass is 16.5. The number of nitrogens with zero attached hydrogens (tertiary/aromatic N) is 2. The van der Waals surface area contributed by atoms with Gasteiger partial charge in [-0.15, -0.1) is 0 Å². The minimum Gasteiger partial charge on any atom is -0.497 e. The van der Waals surface area contributed by atoms with Crippen LogP contribution in [-0.2, 0) is 16.1 Å². The van der Waals surface area contributed by atoms with E-state index in [1.807, 2.05) is 57.1 Å². The van der Waals surface area contributed by atoms with Crippen molar-refractivity contribution in [1.29, 1.82) is 0 Å². The number of amides is 1. The summed E-state index contributed by atoms with van der Waals surface area (Å²) in [6.45, 7) is 3.93. The van der Waals surface area contributed by atoms with Gasteiger partial charge in [-0.25, -0.2) is 4.79 Å². The van der Waals surface area contributed by atoms with Gasteiger partial charge in [0.15, 0.2) is 12.1 Å². The Hall–Kier alpha value is -3.22. The zero-order valence-corrected chi connectivity index (χ0v) is 18.0. The third kappa shape index (κ3) is 4.20. The zero-order chi connectivity index (χ0) is 22.0. The number of carboxylic acid groups (broad SMARTS) is 1. The SMILES string of the molecule is COc1ccc2c(c1)OC(C(C)C)C(=O)N(Cc1ccc(N(C)C)cc1)C2C(=O)O. The predicted octanol–water partition coefficient (Wildman–Crippen LogP) is 3.33. The minimum absolute atomic E-state index is 0.136. The summed E-state index contributed by atoms with van der Waals surface area (Å²) in [7, 11) is 5.43. The quantitative estimate of drug-likeness (QED) is 0.784. The van der Waals surface area contributed by atoms with Crippen molar-refractivity contribution in [3.05, 3.63) is 53.6 Å². The summed E-state index contributed by atoms with van der Waals surface area (Å²) in [5.41, 5.74) is 2.31. The van der Waals surface area contributed by atoms with Crippen LogP contribution in [0.4, 0.5) is 5.69 Å². The molecule has 7 nitrogen and oxygen atoms in total. The maximum Gasteiger partial charge on any atom is 0.331 e. The van der Waals surface area contributed by atoms with E-state index in [1.54, 1.807) is 18.2 Å². The van der Waals surface area contributed by atoms with Gasteiger partial charge < -0.3 is 24.4 Å². The van der Waals surface area contributed by atoms with Crippen LogP contribution in [0.2, 0.25) is 0 Å². The van der Waals surface area contributed by atoms with Crippen LogP contribution in [0.25, 0.3) is 0 Å². The number of benzene rings is 2. The fourth-order valence-electron chi connectivity index (χ4n) is 3.57. The molecule has 0 saturated carbocycles. The predicted molar refractivity (Wildman–Crippen MR) is 114 cm³/mol. The molecule has 2 atom stereocenters. The van der Waals surface area contributed by atoms with Crippen LogP contribution in [-0.4, -0.2) is 49.2 Å². The lowest BCUT2D eigenvalue weighted by atomic mass is 10.0. The second-order valence-corrected chi connectivity index (χ2v) is 7.95. The van der Waals surface area contributed by atoms with E-state index < -0.39 is 18.1 Å². The van der Waals surface area contributed by atoms with E-state index in [9.17, 15) is 14.7 Å². The summed E-state index contributed by atoms with van der Waals surface area (Å²) in [5, 5.41) is 10.1. The number of carbonyl (C=O) groups is 2. The summed E-state index contributed by atoms with van der Waals surface area (Å²) in [6.07, 6.45) is -0.791. The van der Waals surface area contributed by atoms with E-state index in [2.05, 4.69) is 0 Å². The minimum atomic E-state index is -1.16. The molecule has 1 amide bonds. The average Bonchev–Trinajstić information content (AvgIpc) is 2.83. The Morgan fingerprint density at radius 3 is 2.40 bits per heavy atom. The zero-order valence-electron chi connectivity index (χ0n) is 18.0. The Kier molecular flexibility index (Phi) is 6.20. The number of hydrogen-bond acceptors (Lipinski definition) is 5. The fraction of sp³-hybridized carbons (Fsp3) is 0.391. The van der Waals surface area contributed by atoms with Gasteiger partial charge >= 0.3 is 5.97 Å². The molecule has 2 aromatic rings. The molecule has 1 aliphatic heterocycles. The van der Waals surface area contributed by atoms with Crippen LogP contribution in [0.15, 0.2) is 42.5 Å². The van der Waals surface area contributed by atoms with Gasteiger partial charge in [-0.05, 0) is 35.7 Å². The summed E-state index contributed by atoms with van der Waals surface area (Å²) < 4.78 is 11.3. The summed E-state index contributed by atoms with van der Waals surface area (Å²) >= 11 is 0. The highest BCUT2D eigenvalue weighted by Gasteiger charge is 2.42. The molecule has 0 fully saturated rings. The van der Waals surface area contributed by atoms with Crippen LogP contribution >= 0.6 is 0 Å². The number of methoxy groups -OCH3 is 1.